The summed E-state index contributed by atoms with van der Waals surface area (Å²) in [6, 6.07) is 6.93. The molecule has 0 unspecified atom stereocenters. The molecule has 23 heavy (non-hydrogen) atoms. The molecule has 2 fully saturated rings. The van der Waals surface area contributed by atoms with Gasteiger partial charge in [-0.25, -0.2) is 0 Å². The number of amides is 1. The number of halogens is 1. The topological polar surface area (TPSA) is 62.2 Å². The van der Waals surface area contributed by atoms with Crippen LogP contribution in [0.15, 0.2) is 24.3 Å². The van der Waals surface area contributed by atoms with Crippen LogP contribution in [0.3, 0.4) is 0 Å². The van der Waals surface area contributed by atoms with E-state index in [2.05, 4.69) is 4.90 Å². The van der Waals surface area contributed by atoms with Gasteiger partial charge >= 0.3 is 0 Å². The first kappa shape index (κ1) is 16.5. The van der Waals surface area contributed by atoms with Gasteiger partial charge in [0.05, 0.1) is 25.4 Å². The third kappa shape index (κ3) is 4.14. The first-order valence-electron chi connectivity index (χ1n) is 7.79. The monoisotopic (exact) mass is 340 g/mol. The molecule has 1 aromatic rings. The van der Waals surface area contributed by atoms with Crippen LogP contribution >= 0.6 is 11.6 Å². The van der Waals surface area contributed by atoms with Crippen molar-refractivity contribution in [2.75, 3.05) is 46.0 Å². The van der Waals surface area contributed by atoms with Crippen LogP contribution in [-0.4, -0.2) is 79.0 Å². The van der Waals surface area contributed by atoms with E-state index in [0.717, 1.165) is 13.1 Å². The Kier molecular flexibility index (Phi) is 5.38. The standard InChI is InChI=1S/C16H21ClN2O4/c17-12-2-1-3-13(8-12)23-11-16(21)19-9-14(15(20)10-19)18-4-6-22-7-5-18/h1-3,8,14-15,20H,4-7,9-11H2/t14-,15-/m1/s1. The van der Waals surface area contributed by atoms with E-state index in [4.69, 9.17) is 21.1 Å². The number of carbonyl (C=O) groups excluding carboxylic acids is 1. The SMILES string of the molecule is O=C(COc1cccc(Cl)c1)N1C[C@@H](O)[C@H](N2CCOCC2)C1. The zero-order valence-corrected chi connectivity index (χ0v) is 13.6. The molecule has 0 aromatic heterocycles. The highest BCUT2D eigenvalue weighted by atomic mass is 35.5. The van der Waals surface area contributed by atoms with Gasteiger partial charge < -0.3 is 19.5 Å². The maximum atomic E-state index is 12.3. The van der Waals surface area contributed by atoms with E-state index in [1.54, 1.807) is 29.2 Å². The minimum Gasteiger partial charge on any atom is -0.484 e. The molecule has 0 bridgehead atoms. The number of likely N-dealkylation sites (tertiary alicyclic amines) is 1. The van der Waals surface area contributed by atoms with E-state index in [0.29, 0.717) is 37.1 Å². The summed E-state index contributed by atoms with van der Waals surface area (Å²) in [5, 5.41) is 10.8. The summed E-state index contributed by atoms with van der Waals surface area (Å²) in [6.45, 7) is 3.76. The first-order chi connectivity index (χ1) is 11.1. The fourth-order valence-electron chi connectivity index (χ4n) is 3.03. The van der Waals surface area contributed by atoms with E-state index in [1.165, 1.54) is 0 Å². The molecular formula is C16H21ClN2O4. The summed E-state index contributed by atoms with van der Waals surface area (Å²) in [5.74, 6) is 0.440. The van der Waals surface area contributed by atoms with Gasteiger partial charge in [0.1, 0.15) is 5.75 Å². The third-order valence-corrected chi connectivity index (χ3v) is 4.52. The molecule has 1 N–H and O–H groups in total. The Morgan fingerprint density at radius 3 is 2.87 bits per heavy atom. The molecule has 6 nitrogen and oxygen atoms in total. The molecule has 0 aliphatic carbocycles. The second kappa shape index (κ2) is 7.49. The Morgan fingerprint density at radius 1 is 1.35 bits per heavy atom. The number of ether oxygens (including phenoxy) is 2. The Hall–Kier alpha value is -1.34. The van der Waals surface area contributed by atoms with Crippen molar-refractivity contribution in [1.82, 2.24) is 9.80 Å². The van der Waals surface area contributed by atoms with Crippen LogP contribution in [0.2, 0.25) is 5.02 Å². The number of carbonyl (C=O) groups is 1. The highest BCUT2D eigenvalue weighted by Gasteiger charge is 2.38. The lowest BCUT2D eigenvalue weighted by Gasteiger charge is -2.33. The van der Waals surface area contributed by atoms with Crippen LogP contribution in [-0.2, 0) is 9.53 Å². The van der Waals surface area contributed by atoms with Gasteiger partial charge in [0, 0.05) is 31.2 Å². The molecule has 126 valence electrons. The van der Waals surface area contributed by atoms with E-state index < -0.39 is 6.10 Å². The summed E-state index contributed by atoms with van der Waals surface area (Å²) in [5.41, 5.74) is 0. The van der Waals surface area contributed by atoms with Gasteiger partial charge in [-0.05, 0) is 18.2 Å². The highest BCUT2D eigenvalue weighted by Crippen LogP contribution is 2.19. The Bertz CT molecular complexity index is 551. The minimum atomic E-state index is -0.525. The summed E-state index contributed by atoms with van der Waals surface area (Å²) < 4.78 is 10.8. The number of aliphatic hydroxyl groups excluding tert-OH is 1. The largest absolute Gasteiger partial charge is 0.484 e. The Labute approximate surface area is 140 Å². The second-order valence-corrected chi connectivity index (χ2v) is 6.26. The van der Waals surface area contributed by atoms with Gasteiger partial charge in [0.15, 0.2) is 6.61 Å². The van der Waals surface area contributed by atoms with E-state index in [1.807, 2.05) is 0 Å². The minimum absolute atomic E-state index is 0.0194. The number of aliphatic hydroxyl groups is 1. The Morgan fingerprint density at radius 2 is 2.13 bits per heavy atom. The average molecular weight is 341 g/mol. The third-order valence-electron chi connectivity index (χ3n) is 4.28. The molecule has 7 heteroatoms. The molecule has 2 saturated heterocycles. The van der Waals surface area contributed by atoms with Gasteiger partial charge in [-0.15, -0.1) is 0 Å². The van der Waals surface area contributed by atoms with Crippen LogP contribution in [0.4, 0.5) is 0 Å². The molecule has 2 atom stereocenters. The zero-order valence-electron chi connectivity index (χ0n) is 12.9. The molecule has 0 radical (unpaired) electrons. The zero-order chi connectivity index (χ0) is 16.2. The molecule has 2 aliphatic rings. The number of nitrogens with zero attached hydrogens (tertiary/aromatic N) is 2. The van der Waals surface area contributed by atoms with Crippen LogP contribution in [0.5, 0.6) is 5.75 Å². The quantitative estimate of drug-likeness (QED) is 0.870. The highest BCUT2D eigenvalue weighted by molar-refractivity contribution is 6.30. The lowest BCUT2D eigenvalue weighted by atomic mass is 10.2. The van der Waals surface area contributed by atoms with Crippen LogP contribution in [0.25, 0.3) is 0 Å². The van der Waals surface area contributed by atoms with Crippen molar-refractivity contribution >= 4 is 17.5 Å². The summed E-state index contributed by atoms with van der Waals surface area (Å²) in [7, 11) is 0. The maximum absolute atomic E-state index is 12.3. The van der Waals surface area contributed by atoms with Crippen LogP contribution < -0.4 is 4.74 Å². The normalized spacial score (nSPS) is 25.6. The molecule has 0 saturated carbocycles. The number of morpholine rings is 1. The fraction of sp³-hybridized carbons (Fsp3) is 0.562. The first-order valence-corrected chi connectivity index (χ1v) is 8.17. The van der Waals surface area contributed by atoms with E-state index >= 15 is 0 Å². The molecular weight excluding hydrogens is 320 g/mol. The second-order valence-electron chi connectivity index (χ2n) is 5.83. The van der Waals surface area contributed by atoms with Crippen molar-refractivity contribution < 1.29 is 19.4 Å². The number of rotatable bonds is 4. The molecule has 2 heterocycles. The summed E-state index contributed by atoms with van der Waals surface area (Å²) in [6.07, 6.45) is -0.525. The van der Waals surface area contributed by atoms with Gasteiger partial charge in [0.2, 0.25) is 0 Å². The smallest absolute Gasteiger partial charge is 0.260 e. The van der Waals surface area contributed by atoms with Crippen molar-refractivity contribution in [3.05, 3.63) is 29.3 Å². The Balaban J connectivity index is 1.52. The molecule has 3 rings (SSSR count). The number of β-amino-alcohol motifs (C(OH)–C–C–N with tert-alkyl or cyclic N) is 1. The van der Waals surface area contributed by atoms with E-state index in [9.17, 15) is 9.90 Å². The van der Waals surface area contributed by atoms with Crippen LogP contribution in [0, 0.1) is 0 Å². The lowest BCUT2D eigenvalue weighted by Crippen LogP contribution is -2.49. The fourth-order valence-corrected chi connectivity index (χ4v) is 3.21. The average Bonchev–Trinajstić information content (AvgIpc) is 2.95. The maximum Gasteiger partial charge on any atom is 0.260 e. The number of hydrogen-bond donors (Lipinski definition) is 1. The van der Waals surface area contributed by atoms with Gasteiger partial charge in [-0.1, -0.05) is 17.7 Å². The van der Waals surface area contributed by atoms with Crippen molar-refractivity contribution in [3.8, 4) is 5.75 Å². The predicted octanol–water partition coefficient (Wildman–Crippen LogP) is 0.623. The summed E-state index contributed by atoms with van der Waals surface area (Å²) in [4.78, 5) is 16.1. The van der Waals surface area contributed by atoms with Crippen molar-refractivity contribution in [2.45, 2.75) is 12.1 Å². The molecule has 0 spiro atoms. The predicted molar refractivity (Wildman–Crippen MR) is 85.7 cm³/mol. The van der Waals surface area contributed by atoms with Crippen molar-refractivity contribution in [1.29, 1.82) is 0 Å². The van der Waals surface area contributed by atoms with Crippen LogP contribution in [0.1, 0.15) is 0 Å². The lowest BCUT2D eigenvalue weighted by molar-refractivity contribution is -0.132. The number of benzene rings is 1. The van der Waals surface area contributed by atoms with Gasteiger partial charge in [0.25, 0.3) is 5.91 Å². The van der Waals surface area contributed by atoms with Gasteiger partial charge in [-0.2, -0.15) is 0 Å². The van der Waals surface area contributed by atoms with Crippen molar-refractivity contribution in [2.24, 2.45) is 0 Å². The molecule has 1 amide bonds. The summed E-state index contributed by atoms with van der Waals surface area (Å²) >= 11 is 5.89. The van der Waals surface area contributed by atoms with Gasteiger partial charge in [-0.3, -0.25) is 9.69 Å². The molecule has 2 aliphatic heterocycles. The van der Waals surface area contributed by atoms with Crippen molar-refractivity contribution in [3.63, 3.8) is 0 Å². The van der Waals surface area contributed by atoms with E-state index in [-0.39, 0.29) is 18.6 Å². The number of hydrogen-bond acceptors (Lipinski definition) is 5. The molecule has 1 aromatic carbocycles.